The highest BCUT2D eigenvalue weighted by molar-refractivity contribution is 6.30. The molecule has 4 atom stereocenters. The molecule has 0 aromatic heterocycles. The van der Waals surface area contributed by atoms with E-state index in [-0.39, 0.29) is 17.7 Å². The van der Waals surface area contributed by atoms with E-state index in [0.717, 1.165) is 12.0 Å². The molecule has 2 aliphatic rings. The zero-order valence-corrected chi connectivity index (χ0v) is 12.1. The number of carboxylic acids is 1. The van der Waals surface area contributed by atoms with Crippen molar-refractivity contribution in [2.75, 3.05) is 0 Å². The lowest BCUT2D eigenvalue weighted by atomic mass is 9.82. The van der Waals surface area contributed by atoms with Crippen LogP contribution in [0.2, 0.25) is 5.02 Å². The average molecular weight is 306 g/mol. The van der Waals surface area contributed by atoms with Crippen molar-refractivity contribution in [2.45, 2.75) is 13.0 Å². The Morgan fingerprint density at radius 1 is 1.14 bits per heavy atom. The van der Waals surface area contributed by atoms with E-state index in [4.69, 9.17) is 11.6 Å². The molecule has 1 fully saturated rings. The maximum atomic E-state index is 12.4. The van der Waals surface area contributed by atoms with E-state index in [1.165, 1.54) is 0 Å². The molecule has 0 unspecified atom stereocenters. The van der Waals surface area contributed by atoms with E-state index in [2.05, 4.69) is 5.32 Å². The standard InChI is InChI=1S/C16H16ClNO3/c17-12-5-1-9(2-6-12)8-18-15(19)13-10-3-4-11(7-10)14(13)16(20)21/h1-6,10-11,13-14H,7-8H2,(H,18,19)(H,20,21)/t10-,11+,13-,14+/m0/s1. The molecule has 2 bridgehead atoms. The van der Waals surface area contributed by atoms with E-state index < -0.39 is 17.8 Å². The minimum absolute atomic E-state index is 0.00113. The lowest BCUT2D eigenvalue weighted by Crippen LogP contribution is -2.39. The molecule has 1 aromatic carbocycles. The smallest absolute Gasteiger partial charge is 0.307 e. The molecule has 4 nitrogen and oxygen atoms in total. The van der Waals surface area contributed by atoms with Gasteiger partial charge in [-0.2, -0.15) is 0 Å². The second-order valence-corrected chi connectivity index (χ2v) is 6.12. The third kappa shape index (κ3) is 2.68. The van der Waals surface area contributed by atoms with Crippen molar-refractivity contribution in [2.24, 2.45) is 23.7 Å². The zero-order chi connectivity index (χ0) is 15.0. The van der Waals surface area contributed by atoms with Crippen LogP contribution >= 0.6 is 11.6 Å². The predicted octanol–water partition coefficient (Wildman–Crippen LogP) is 2.48. The monoisotopic (exact) mass is 305 g/mol. The average Bonchev–Trinajstić information content (AvgIpc) is 3.06. The molecule has 110 valence electrons. The van der Waals surface area contributed by atoms with Crippen LogP contribution in [0, 0.1) is 23.7 Å². The molecule has 5 heteroatoms. The van der Waals surface area contributed by atoms with Gasteiger partial charge in [0, 0.05) is 11.6 Å². The molecule has 21 heavy (non-hydrogen) atoms. The molecule has 1 amide bonds. The van der Waals surface area contributed by atoms with Crippen LogP contribution in [0.25, 0.3) is 0 Å². The Bertz CT molecular complexity index is 596. The summed E-state index contributed by atoms with van der Waals surface area (Å²) in [4.78, 5) is 23.7. The first-order chi connectivity index (χ1) is 10.1. The summed E-state index contributed by atoms with van der Waals surface area (Å²) in [6.45, 7) is 0.389. The minimum atomic E-state index is -0.876. The van der Waals surface area contributed by atoms with Crippen LogP contribution in [0.3, 0.4) is 0 Å². The number of nitrogens with one attached hydrogen (secondary N) is 1. The number of carbonyl (C=O) groups is 2. The van der Waals surface area contributed by atoms with Crippen LogP contribution in [-0.4, -0.2) is 17.0 Å². The van der Waals surface area contributed by atoms with E-state index >= 15 is 0 Å². The lowest BCUT2D eigenvalue weighted by molar-refractivity contribution is -0.147. The Kier molecular flexibility index (Phi) is 3.72. The van der Waals surface area contributed by atoms with Gasteiger partial charge in [-0.25, -0.2) is 0 Å². The summed E-state index contributed by atoms with van der Waals surface area (Å²) in [6.07, 6.45) is 4.69. The third-order valence-electron chi connectivity index (χ3n) is 4.43. The van der Waals surface area contributed by atoms with Crippen molar-refractivity contribution in [1.82, 2.24) is 5.32 Å². The van der Waals surface area contributed by atoms with Crippen molar-refractivity contribution in [3.63, 3.8) is 0 Å². The van der Waals surface area contributed by atoms with E-state index in [9.17, 15) is 14.7 Å². The molecule has 0 radical (unpaired) electrons. The Hall–Kier alpha value is -1.81. The van der Waals surface area contributed by atoms with Gasteiger partial charge in [-0.3, -0.25) is 9.59 Å². The van der Waals surface area contributed by atoms with Crippen LogP contribution in [-0.2, 0) is 16.1 Å². The summed E-state index contributed by atoms with van der Waals surface area (Å²) >= 11 is 5.81. The first kappa shape index (κ1) is 14.1. The Balaban J connectivity index is 1.66. The number of amides is 1. The zero-order valence-electron chi connectivity index (χ0n) is 11.3. The second-order valence-electron chi connectivity index (χ2n) is 5.68. The number of benzene rings is 1. The van der Waals surface area contributed by atoms with Crippen molar-refractivity contribution in [1.29, 1.82) is 0 Å². The highest BCUT2D eigenvalue weighted by Crippen LogP contribution is 2.48. The molecule has 0 saturated heterocycles. The first-order valence-corrected chi connectivity index (χ1v) is 7.37. The number of carbonyl (C=O) groups excluding carboxylic acids is 1. The number of hydrogen-bond donors (Lipinski definition) is 2. The van der Waals surface area contributed by atoms with E-state index in [1.54, 1.807) is 12.1 Å². The molecule has 0 aliphatic heterocycles. The summed E-state index contributed by atoms with van der Waals surface area (Å²) in [5, 5.41) is 12.8. The van der Waals surface area contributed by atoms with Gasteiger partial charge in [0.25, 0.3) is 0 Å². The van der Waals surface area contributed by atoms with Gasteiger partial charge in [0.2, 0.25) is 5.91 Å². The van der Waals surface area contributed by atoms with E-state index in [1.807, 2.05) is 24.3 Å². The SMILES string of the molecule is O=C(NCc1ccc(Cl)cc1)[C@@H]1[C@H](C(=O)O)[C@@H]2C=C[C@H]1C2. The lowest BCUT2D eigenvalue weighted by Gasteiger charge is -2.23. The topological polar surface area (TPSA) is 66.4 Å². The van der Waals surface area contributed by atoms with Gasteiger partial charge in [0.1, 0.15) is 0 Å². The summed E-state index contributed by atoms with van der Waals surface area (Å²) in [5.41, 5.74) is 0.943. The molecule has 2 N–H and O–H groups in total. The van der Waals surface area contributed by atoms with Crippen molar-refractivity contribution in [3.8, 4) is 0 Å². The van der Waals surface area contributed by atoms with Gasteiger partial charge in [-0.1, -0.05) is 35.9 Å². The summed E-state index contributed by atoms with van der Waals surface area (Å²) in [6, 6.07) is 7.22. The molecular weight excluding hydrogens is 290 g/mol. The first-order valence-electron chi connectivity index (χ1n) is 6.99. The number of halogens is 1. The molecule has 2 aliphatic carbocycles. The third-order valence-corrected chi connectivity index (χ3v) is 4.68. The molecule has 1 aromatic rings. The van der Waals surface area contributed by atoms with Gasteiger partial charge in [0.05, 0.1) is 11.8 Å². The maximum Gasteiger partial charge on any atom is 0.307 e. The number of rotatable bonds is 4. The van der Waals surface area contributed by atoms with Crippen molar-refractivity contribution < 1.29 is 14.7 Å². The number of aliphatic carboxylic acids is 1. The fraction of sp³-hybridized carbons (Fsp3) is 0.375. The van der Waals surface area contributed by atoms with Crippen LogP contribution in [0.1, 0.15) is 12.0 Å². The normalized spacial score (nSPS) is 29.6. The fourth-order valence-corrected chi connectivity index (χ4v) is 3.55. The number of carboxylic acid groups (broad SMARTS) is 1. The predicted molar refractivity (Wildman–Crippen MR) is 78.7 cm³/mol. The van der Waals surface area contributed by atoms with Gasteiger partial charge in [-0.05, 0) is 36.0 Å². The summed E-state index contributed by atoms with van der Waals surface area (Å²) in [5.74, 6) is -2.04. The Morgan fingerprint density at radius 3 is 2.38 bits per heavy atom. The van der Waals surface area contributed by atoms with Crippen LogP contribution < -0.4 is 5.32 Å². The fourth-order valence-electron chi connectivity index (χ4n) is 3.43. The van der Waals surface area contributed by atoms with Gasteiger partial charge >= 0.3 is 5.97 Å². The van der Waals surface area contributed by atoms with Gasteiger partial charge < -0.3 is 10.4 Å². The molecule has 1 saturated carbocycles. The quantitative estimate of drug-likeness (QED) is 0.840. The Labute approximate surface area is 127 Å². The minimum Gasteiger partial charge on any atom is -0.481 e. The highest BCUT2D eigenvalue weighted by atomic mass is 35.5. The number of fused-ring (bicyclic) bond motifs is 2. The van der Waals surface area contributed by atoms with Crippen LogP contribution in [0.15, 0.2) is 36.4 Å². The van der Waals surface area contributed by atoms with Crippen LogP contribution in [0.4, 0.5) is 0 Å². The Morgan fingerprint density at radius 2 is 1.76 bits per heavy atom. The van der Waals surface area contributed by atoms with Gasteiger partial charge in [0.15, 0.2) is 0 Å². The maximum absolute atomic E-state index is 12.4. The molecule has 3 rings (SSSR count). The molecule has 0 spiro atoms. The number of allylic oxidation sites excluding steroid dienone is 2. The largest absolute Gasteiger partial charge is 0.481 e. The highest BCUT2D eigenvalue weighted by Gasteiger charge is 2.51. The van der Waals surface area contributed by atoms with Crippen molar-refractivity contribution >= 4 is 23.5 Å². The van der Waals surface area contributed by atoms with Crippen LogP contribution in [0.5, 0.6) is 0 Å². The van der Waals surface area contributed by atoms with Gasteiger partial charge in [-0.15, -0.1) is 0 Å². The summed E-state index contributed by atoms with van der Waals surface area (Å²) < 4.78 is 0. The van der Waals surface area contributed by atoms with E-state index in [0.29, 0.717) is 11.6 Å². The number of hydrogen-bond acceptors (Lipinski definition) is 2. The molecular formula is C16H16ClNO3. The summed E-state index contributed by atoms with van der Waals surface area (Å²) in [7, 11) is 0. The van der Waals surface area contributed by atoms with Crippen molar-refractivity contribution in [3.05, 3.63) is 47.0 Å². The molecule has 0 heterocycles. The second kappa shape index (κ2) is 5.53.